The summed E-state index contributed by atoms with van der Waals surface area (Å²) in [4.78, 5) is 33.9. The standard InChI is InChI=1S/C34H37N3O4/c1-34(2,3)25-11-14-26(15-12-25)41-27-13-10-23-18-31(36-30(28(23)19-27)17-22-7-4-5-8-22)33(40)37-29(20-32(38)39)24-9-6-16-35-21-24/h6,9-16,18-19,21-22,29H,4-5,7-8,17,20H2,1-3H3,(H,37,40)(H,38,39). The number of aliphatic carboxylic acids is 1. The number of carbonyl (C=O) groups is 2. The van der Waals surface area contributed by atoms with E-state index < -0.39 is 17.9 Å². The molecule has 4 aromatic rings. The van der Waals surface area contributed by atoms with E-state index in [0.29, 0.717) is 17.2 Å². The third-order valence-electron chi connectivity index (χ3n) is 7.80. The normalized spacial score (nSPS) is 14.6. The van der Waals surface area contributed by atoms with Crippen LogP contribution in [0, 0.1) is 5.92 Å². The molecule has 1 amide bonds. The number of carboxylic acid groups (broad SMARTS) is 1. The van der Waals surface area contributed by atoms with Crippen molar-refractivity contribution >= 4 is 22.6 Å². The molecule has 2 N–H and O–H groups in total. The number of benzene rings is 2. The first-order valence-electron chi connectivity index (χ1n) is 14.3. The van der Waals surface area contributed by atoms with Crippen molar-refractivity contribution in [1.82, 2.24) is 15.3 Å². The van der Waals surface area contributed by atoms with Gasteiger partial charge in [-0.15, -0.1) is 0 Å². The highest BCUT2D eigenvalue weighted by Gasteiger charge is 2.23. The Morgan fingerprint density at radius 3 is 2.41 bits per heavy atom. The largest absolute Gasteiger partial charge is 0.481 e. The molecule has 7 heteroatoms. The summed E-state index contributed by atoms with van der Waals surface area (Å²) in [7, 11) is 0. The number of rotatable bonds is 9. The summed E-state index contributed by atoms with van der Waals surface area (Å²) in [5.41, 5.74) is 3.08. The number of hydrogen-bond acceptors (Lipinski definition) is 5. The Morgan fingerprint density at radius 1 is 1.02 bits per heavy atom. The summed E-state index contributed by atoms with van der Waals surface area (Å²) in [6, 6.07) is 18.6. The number of nitrogens with zero attached hydrogens (tertiary/aromatic N) is 2. The van der Waals surface area contributed by atoms with Gasteiger partial charge in [0.1, 0.15) is 17.2 Å². The van der Waals surface area contributed by atoms with Crippen LogP contribution < -0.4 is 10.1 Å². The lowest BCUT2D eigenvalue weighted by Crippen LogP contribution is -2.31. The summed E-state index contributed by atoms with van der Waals surface area (Å²) < 4.78 is 6.23. The average Bonchev–Trinajstić information content (AvgIpc) is 3.46. The lowest BCUT2D eigenvalue weighted by molar-refractivity contribution is -0.137. The van der Waals surface area contributed by atoms with Crippen molar-refractivity contribution in [3.8, 4) is 11.5 Å². The Morgan fingerprint density at radius 2 is 1.76 bits per heavy atom. The fraction of sp³-hybridized carbons (Fsp3) is 0.353. The number of aromatic nitrogens is 2. The Balaban J connectivity index is 1.45. The molecule has 2 heterocycles. The molecule has 0 spiro atoms. The molecule has 1 atom stereocenters. The SMILES string of the molecule is CC(C)(C)c1ccc(Oc2ccc3cc(C(=O)NC(CC(=O)O)c4cccnc4)nc(CC4CCCC4)c3c2)cc1. The van der Waals surface area contributed by atoms with Crippen LogP contribution in [0.1, 0.15) is 86.2 Å². The molecule has 2 aromatic heterocycles. The van der Waals surface area contributed by atoms with Crippen LogP contribution in [0.25, 0.3) is 10.8 Å². The molecule has 0 radical (unpaired) electrons. The lowest BCUT2D eigenvalue weighted by Gasteiger charge is -2.19. The molecular weight excluding hydrogens is 514 g/mol. The fourth-order valence-corrected chi connectivity index (χ4v) is 5.52. The third-order valence-corrected chi connectivity index (χ3v) is 7.80. The molecule has 0 bridgehead atoms. The van der Waals surface area contributed by atoms with Crippen LogP contribution in [0.2, 0.25) is 0 Å². The maximum Gasteiger partial charge on any atom is 0.305 e. The lowest BCUT2D eigenvalue weighted by atomic mass is 9.87. The van der Waals surface area contributed by atoms with Crippen molar-refractivity contribution in [1.29, 1.82) is 0 Å². The van der Waals surface area contributed by atoms with Gasteiger partial charge < -0.3 is 15.2 Å². The molecule has 1 aliphatic rings. The summed E-state index contributed by atoms with van der Waals surface area (Å²) in [5, 5.41) is 14.2. The number of carbonyl (C=O) groups excluding carboxylic acids is 1. The van der Waals surface area contributed by atoms with Gasteiger partial charge in [-0.1, -0.05) is 70.7 Å². The van der Waals surface area contributed by atoms with E-state index in [1.165, 1.54) is 18.4 Å². The first kappa shape index (κ1) is 28.3. The molecule has 1 fully saturated rings. The zero-order valence-electron chi connectivity index (χ0n) is 23.9. The van der Waals surface area contributed by atoms with E-state index in [4.69, 9.17) is 9.72 Å². The van der Waals surface area contributed by atoms with Gasteiger partial charge in [-0.2, -0.15) is 0 Å². The monoisotopic (exact) mass is 551 g/mol. The predicted octanol–water partition coefficient (Wildman–Crippen LogP) is 7.40. The zero-order valence-corrected chi connectivity index (χ0v) is 23.9. The Kier molecular flexibility index (Phi) is 8.34. The van der Waals surface area contributed by atoms with E-state index in [2.05, 4.69) is 43.2 Å². The first-order chi connectivity index (χ1) is 19.7. The summed E-state index contributed by atoms with van der Waals surface area (Å²) in [6.07, 6.45) is 8.44. The number of ether oxygens (including phenoxy) is 1. The quantitative estimate of drug-likeness (QED) is 0.225. The molecule has 1 unspecified atom stereocenters. The van der Waals surface area contributed by atoms with Crippen LogP contribution in [0.3, 0.4) is 0 Å². The maximum atomic E-state index is 13.4. The molecule has 2 aromatic carbocycles. The van der Waals surface area contributed by atoms with Crippen molar-refractivity contribution in [3.63, 3.8) is 0 Å². The summed E-state index contributed by atoms with van der Waals surface area (Å²) in [5.74, 6) is 0.583. The minimum Gasteiger partial charge on any atom is -0.481 e. The van der Waals surface area contributed by atoms with Crippen LogP contribution in [0.15, 0.2) is 73.1 Å². The van der Waals surface area contributed by atoms with Gasteiger partial charge in [0.15, 0.2) is 0 Å². The van der Waals surface area contributed by atoms with E-state index in [9.17, 15) is 14.7 Å². The molecule has 7 nitrogen and oxygen atoms in total. The third kappa shape index (κ3) is 7.09. The maximum absolute atomic E-state index is 13.4. The minimum absolute atomic E-state index is 0.0674. The molecule has 41 heavy (non-hydrogen) atoms. The molecule has 0 saturated heterocycles. The van der Waals surface area contributed by atoms with Crippen molar-refractivity contribution in [3.05, 3.63) is 95.6 Å². The van der Waals surface area contributed by atoms with Gasteiger partial charge >= 0.3 is 5.97 Å². The van der Waals surface area contributed by atoms with Gasteiger partial charge in [-0.05, 0) is 70.7 Å². The second kappa shape index (κ2) is 12.1. The van der Waals surface area contributed by atoms with Crippen molar-refractivity contribution in [2.75, 3.05) is 0 Å². The minimum atomic E-state index is -1.01. The summed E-state index contributed by atoms with van der Waals surface area (Å²) in [6.45, 7) is 6.56. The number of fused-ring (bicyclic) bond motifs is 1. The Labute approximate surface area is 241 Å². The molecule has 0 aliphatic heterocycles. The van der Waals surface area contributed by atoms with E-state index in [1.54, 1.807) is 30.6 Å². The number of carboxylic acids is 1. The molecule has 5 rings (SSSR count). The zero-order chi connectivity index (χ0) is 29.0. The smallest absolute Gasteiger partial charge is 0.305 e. The number of nitrogens with one attached hydrogen (secondary N) is 1. The van der Waals surface area contributed by atoms with Gasteiger partial charge in [-0.3, -0.25) is 14.6 Å². The Bertz CT molecular complexity index is 1520. The van der Waals surface area contributed by atoms with E-state index >= 15 is 0 Å². The van der Waals surface area contributed by atoms with Crippen LogP contribution in [0.5, 0.6) is 11.5 Å². The van der Waals surface area contributed by atoms with Crippen molar-refractivity contribution in [2.24, 2.45) is 5.92 Å². The number of hydrogen-bond donors (Lipinski definition) is 2. The molecular formula is C34H37N3O4. The van der Waals surface area contributed by atoms with Crippen LogP contribution in [-0.4, -0.2) is 27.0 Å². The fourth-order valence-electron chi connectivity index (χ4n) is 5.52. The first-order valence-corrected chi connectivity index (χ1v) is 14.3. The molecule has 1 aliphatic carbocycles. The second-order valence-electron chi connectivity index (χ2n) is 12.0. The summed E-state index contributed by atoms with van der Waals surface area (Å²) >= 11 is 0. The van der Waals surface area contributed by atoms with Crippen molar-refractivity contribution in [2.45, 2.75) is 70.8 Å². The van der Waals surface area contributed by atoms with Crippen molar-refractivity contribution < 1.29 is 19.4 Å². The van der Waals surface area contributed by atoms with Gasteiger partial charge in [0, 0.05) is 23.5 Å². The van der Waals surface area contributed by atoms with Gasteiger partial charge in [0.2, 0.25) is 0 Å². The van der Waals surface area contributed by atoms with Crippen LogP contribution in [-0.2, 0) is 16.6 Å². The highest BCUT2D eigenvalue weighted by atomic mass is 16.5. The topological polar surface area (TPSA) is 101 Å². The number of pyridine rings is 2. The van der Waals surface area contributed by atoms with E-state index in [-0.39, 0.29) is 17.5 Å². The van der Waals surface area contributed by atoms with Gasteiger partial charge in [0.05, 0.1) is 12.5 Å². The molecule has 1 saturated carbocycles. The second-order valence-corrected chi connectivity index (χ2v) is 12.0. The highest BCUT2D eigenvalue weighted by molar-refractivity contribution is 5.98. The molecule has 212 valence electrons. The highest BCUT2D eigenvalue weighted by Crippen LogP contribution is 2.33. The van der Waals surface area contributed by atoms with Crippen LogP contribution in [0.4, 0.5) is 0 Å². The van der Waals surface area contributed by atoms with Gasteiger partial charge in [-0.25, -0.2) is 4.98 Å². The van der Waals surface area contributed by atoms with Crippen LogP contribution >= 0.6 is 0 Å². The number of amides is 1. The average molecular weight is 552 g/mol. The van der Waals surface area contributed by atoms with E-state index in [1.807, 2.05) is 30.3 Å². The predicted molar refractivity (Wildman–Crippen MR) is 159 cm³/mol. The van der Waals surface area contributed by atoms with Gasteiger partial charge in [0.25, 0.3) is 5.91 Å². The van der Waals surface area contributed by atoms with E-state index in [0.717, 1.165) is 41.5 Å². The Hall–Kier alpha value is -4.26.